The number of rotatable bonds is 3. The summed E-state index contributed by atoms with van der Waals surface area (Å²) in [7, 11) is 0. The lowest BCUT2D eigenvalue weighted by Gasteiger charge is -1.95. The van der Waals surface area contributed by atoms with Gasteiger partial charge in [-0.3, -0.25) is 0 Å². The molecule has 0 saturated carbocycles. The van der Waals surface area contributed by atoms with Crippen molar-refractivity contribution < 1.29 is 0 Å². The molecule has 0 amide bonds. The normalized spacial score (nSPS) is 12.4. The molecule has 0 aliphatic heterocycles. The van der Waals surface area contributed by atoms with Crippen molar-refractivity contribution in [2.75, 3.05) is 6.26 Å². The predicted octanol–water partition coefficient (Wildman–Crippen LogP) is 4.44. The lowest BCUT2D eigenvalue weighted by atomic mass is 10.3. The quantitative estimate of drug-likeness (QED) is 0.382. The molecule has 0 bridgehead atoms. The molecule has 0 aromatic carbocycles. The second-order valence-electron chi connectivity index (χ2n) is 2.16. The first kappa shape index (κ1) is 15.7. The number of aliphatic imine (C=N–C) groups is 1. The van der Waals surface area contributed by atoms with Crippen molar-refractivity contribution in [1.82, 2.24) is 0 Å². The zero-order valence-corrected chi connectivity index (χ0v) is 10.7. The Labute approximate surface area is 92.7 Å². The fourth-order valence-electron chi connectivity index (χ4n) is 0.649. The van der Waals surface area contributed by atoms with Crippen molar-refractivity contribution in [2.45, 2.75) is 27.7 Å². The third kappa shape index (κ3) is 9.33. The van der Waals surface area contributed by atoms with Crippen molar-refractivity contribution in [1.29, 1.82) is 0 Å². The van der Waals surface area contributed by atoms with E-state index in [0.717, 1.165) is 10.7 Å². The minimum atomic E-state index is 0.944. The van der Waals surface area contributed by atoms with Gasteiger partial charge in [-0.25, -0.2) is 4.99 Å². The van der Waals surface area contributed by atoms with Gasteiger partial charge in [0, 0.05) is 0 Å². The zero-order chi connectivity index (χ0) is 11.4. The van der Waals surface area contributed by atoms with Crippen LogP contribution >= 0.6 is 11.8 Å². The lowest BCUT2D eigenvalue weighted by molar-refractivity contribution is 1.40. The van der Waals surface area contributed by atoms with Crippen LogP contribution < -0.4 is 0 Å². The molecule has 0 unspecified atom stereocenters. The molecule has 0 rings (SSSR count). The van der Waals surface area contributed by atoms with Gasteiger partial charge in [0.1, 0.15) is 0 Å². The molecule has 1 nitrogen and oxygen atoms in total. The molecule has 0 aliphatic carbocycles. The first-order valence-corrected chi connectivity index (χ1v) is 6.01. The van der Waals surface area contributed by atoms with Crippen molar-refractivity contribution >= 4 is 16.8 Å². The van der Waals surface area contributed by atoms with Gasteiger partial charge in [0.15, 0.2) is 0 Å². The van der Waals surface area contributed by atoms with Crippen LogP contribution in [0.3, 0.4) is 0 Å². The predicted molar refractivity (Wildman–Crippen MR) is 71.1 cm³/mol. The summed E-state index contributed by atoms with van der Waals surface area (Å²) in [6, 6.07) is 0. The number of hydrogen-bond donors (Lipinski definition) is 0. The van der Waals surface area contributed by atoms with Crippen molar-refractivity contribution in [2.24, 2.45) is 4.99 Å². The van der Waals surface area contributed by atoms with Crippen LogP contribution in [0.5, 0.6) is 0 Å². The molecule has 0 spiro atoms. The zero-order valence-electron chi connectivity index (χ0n) is 9.87. The fraction of sp³-hybridized carbons (Fsp3) is 0.417. The Balaban J connectivity index is 0. The molecule has 0 radical (unpaired) electrons. The third-order valence-corrected chi connectivity index (χ3v) is 1.89. The minimum absolute atomic E-state index is 0.944. The van der Waals surface area contributed by atoms with Crippen LogP contribution in [0.4, 0.5) is 0 Å². The third-order valence-electron chi connectivity index (χ3n) is 1.21. The Kier molecular flexibility index (Phi) is 13.7. The summed E-state index contributed by atoms with van der Waals surface area (Å²) in [4.78, 5) is 4.36. The van der Waals surface area contributed by atoms with Crippen LogP contribution in [0.1, 0.15) is 27.7 Å². The molecule has 80 valence electrons. The topological polar surface area (TPSA) is 12.4 Å². The molecule has 0 atom stereocenters. The standard InChI is InChI=1S/C10H15NS.C2H6/c1-5-7-10(8-6-2)11-9(3)12-4;1-2/h5-8H,1H2,2-4H3;1-2H3/b8-6-,10-7+,11-9?;. The van der Waals surface area contributed by atoms with Gasteiger partial charge in [-0.2, -0.15) is 0 Å². The summed E-state index contributed by atoms with van der Waals surface area (Å²) in [5, 5.41) is 1.06. The van der Waals surface area contributed by atoms with Crippen molar-refractivity contribution in [3.05, 3.63) is 36.6 Å². The maximum Gasteiger partial charge on any atom is 0.0704 e. The Morgan fingerprint density at radius 1 is 1.36 bits per heavy atom. The first-order chi connectivity index (χ1) is 6.74. The molecular weight excluding hydrogens is 190 g/mol. The minimum Gasteiger partial charge on any atom is -0.247 e. The maximum absolute atomic E-state index is 4.36. The largest absolute Gasteiger partial charge is 0.247 e. The smallest absolute Gasteiger partial charge is 0.0704 e. The van der Waals surface area contributed by atoms with Gasteiger partial charge >= 0.3 is 0 Å². The van der Waals surface area contributed by atoms with E-state index in [9.17, 15) is 0 Å². The van der Waals surface area contributed by atoms with Gasteiger partial charge < -0.3 is 0 Å². The second-order valence-corrected chi connectivity index (χ2v) is 3.16. The highest BCUT2D eigenvalue weighted by atomic mass is 32.2. The van der Waals surface area contributed by atoms with Crippen LogP contribution in [-0.4, -0.2) is 11.3 Å². The Morgan fingerprint density at radius 3 is 2.29 bits per heavy atom. The van der Waals surface area contributed by atoms with Crippen LogP contribution in [-0.2, 0) is 0 Å². The summed E-state index contributed by atoms with van der Waals surface area (Å²) in [6.45, 7) is 11.6. The molecule has 0 fully saturated rings. The highest BCUT2D eigenvalue weighted by Gasteiger charge is 1.88. The Bertz CT molecular complexity index is 224. The molecule has 0 aromatic heterocycles. The molecule has 0 saturated heterocycles. The molecule has 14 heavy (non-hydrogen) atoms. The monoisotopic (exact) mass is 211 g/mol. The highest BCUT2D eigenvalue weighted by molar-refractivity contribution is 8.13. The van der Waals surface area contributed by atoms with E-state index >= 15 is 0 Å². The molecular formula is C12H21NS. The lowest BCUT2D eigenvalue weighted by Crippen LogP contribution is -1.82. The van der Waals surface area contributed by atoms with Crippen LogP contribution in [0.2, 0.25) is 0 Å². The first-order valence-electron chi connectivity index (χ1n) is 4.79. The fourth-order valence-corrected chi connectivity index (χ4v) is 0.846. The van der Waals surface area contributed by atoms with E-state index in [1.54, 1.807) is 17.8 Å². The Morgan fingerprint density at radius 2 is 1.93 bits per heavy atom. The van der Waals surface area contributed by atoms with E-state index in [0.29, 0.717) is 0 Å². The van der Waals surface area contributed by atoms with Crippen LogP contribution in [0, 0.1) is 0 Å². The van der Waals surface area contributed by atoms with Crippen LogP contribution in [0.15, 0.2) is 41.6 Å². The van der Waals surface area contributed by atoms with Gasteiger partial charge in [0.2, 0.25) is 0 Å². The molecule has 0 aromatic rings. The van der Waals surface area contributed by atoms with Gasteiger partial charge in [-0.1, -0.05) is 32.6 Å². The summed E-state index contributed by atoms with van der Waals surface area (Å²) < 4.78 is 0. The second kappa shape index (κ2) is 12.2. The Hall–Kier alpha value is -0.760. The van der Waals surface area contributed by atoms with Gasteiger partial charge in [0.05, 0.1) is 10.7 Å². The number of hydrogen-bond acceptors (Lipinski definition) is 2. The highest BCUT2D eigenvalue weighted by Crippen LogP contribution is 2.05. The summed E-state index contributed by atoms with van der Waals surface area (Å²) in [5.41, 5.74) is 0.944. The average Bonchev–Trinajstić information content (AvgIpc) is 2.21. The SMILES string of the molecule is C=C/C=C(\C=C/C)N=C(C)SC.CC. The van der Waals surface area contributed by atoms with E-state index in [4.69, 9.17) is 0 Å². The van der Waals surface area contributed by atoms with Gasteiger partial charge in [-0.15, -0.1) is 11.8 Å². The molecule has 0 N–H and O–H groups in total. The van der Waals surface area contributed by atoms with E-state index in [2.05, 4.69) is 11.6 Å². The summed E-state index contributed by atoms with van der Waals surface area (Å²) >= 11 is 1.65. The number of nitrogens with zero attached hydrogens (tertiary/aromatic N) is 1. The van der Waals surface area contributed by atoms with E-state index in [1.165, 1.54) is 0 Å². The van der Waals surface area contributed by atoms with Gasteiger partial charge in [-0.05, 0) is 32.3 Å². The summed E-state index contributed by atoms with van der Waals surface area (Å²) in [6.07, 6.45) is 9.57. The van der Waals surface area contributed by atoms with E-state index < -0.39 is 0 Å². The van der Waals surface area contributed by atoms with Crippen molar-refractivity contribution in [3.8, 4) is 0 Å². The molecule has 0 aliphatic rings. The number of thioether (sulfide) groups is 1. The van der Waals surface area contributed by atoms with Crippen molar-refractivity contribution in [3.63, 3.8) is 0 Å². The maximum atomic E-state index is 4.36. The van der Waals surface area contributed by atoms with Gasteiger partial charge in [0.25, 0.3) is 0 Å². The summed E-state index contributed by atoms with van der Waals surface area (Å²) in [5.74, 6) is 0. The molecule has 0 heterocycles. The van der Waals surface area contributed by atoms with E-state index in [1.807, 2.05) is 52.2 Å². The average molecular weight is 211 g/mol. The molecule has 2 heteroatoms. The van der Waals surface area contributed by atoms with E-state index in [-0.39, 0.29) is 0 Å². The number of allylic oxidation sites excluding steroid dienone is 4. The van der Waals surface area contributed by atoms with Crippen LogP contribution in [0.25, 0.3) is 0 Å².